The highest BCUT2D eigenvalue weighted by atomic mass is 79.9. The molecule has 1 heterocycles. The van der Waals surface area contributed by atoms with Gasteiger partial charge in [0, 0.05) is 5.41 Å². The van der Waals surface area contributed by atoms with Gasteiger partial charge in [0.2, 0.25) is 0 Å². The van der Waals surface area contributed by atoms with Gasteiger partial charge in [0.1, 0.15) is 5.76 Å². The lowest BCUT2D eigenvalue weighted by molar-refractivity contribution is 0.353. The Hall–Kier alpha value is -0.280. The summed E-state index contributed by atoms with van der Waals surface area (Å²) in [5, 5.41) is 3.47. The van der Waals surface area contributed by atoms with Crippen molar-refractivity contribution in [3.8, 4) is 0 Å². The lowest BCUT2D eigenvalue weighted by atomic mass is 9.86. The molecule has 92 valence electrons. The van der Waals surface area contributed by atoms with Gasteiger partial charge < -0.3 is 9.73 Å². The van der Waals surface area contributed by atoms with Gasteiger partial charge in [-0.15, -0.1) is 0 Å². The summed E-state index contributed by atoms with van der Waals surface area (Å²) in [4.78, 5) is 0. The van der Waals surface area contributed by atoms with Crippen LogP contribution in [0.3, 0.4) is 0 Å². The van der Waals surface area contributed by atoms with E-state index in [1.54, 1.807) is 6.26 Å². The van der Waals surface area contributed by atoms with Gasteiger partial charge in [0.05, 0.1) is 10.7 Å². The Labute approximate surface area is 107 Å². The summed E-state index contributed by atoms with van der Waals surface area (Å²) in [6.07, 6.45) is 2.81. The van der Waals surface area contributed by atoms with Crippen LogP contribution in [0.4, 0.5) is 0 Å². The van der Waals surface area contributed by atoms with E-state index in [1.165, 1.54) is 0 Å². The van der Waals surface area contributed by atoms with Crippen LogP contribution >= 0.6 is 15.9 Å². The highest BCUT2D eigenvalue weighted by molar-refractivity contribution is 9.10. The normalized spacial score (nSPS) is 12.4. The smallest absolute Gasteiger partial charge is 0.123 e. The first-order valence-corrected chi connectivity index (χ1v) is 6.67. The maximum Gasteiger partial charge on any atom is 0.123 e. The third-order valence-corrected chi connectivity index (χ3v) is 3.34. The van der Waals surface area contributed by atoms with Crippen molar-refractivity contribution in [2.45, 2.75) is 39.5 Å². The van der Waals surface area contributed by atoms with Gasteiger partial charge in [-0.3, -0.25) is 0 Å². The Morgan fingerprint density at radius 2 is 2.12 bits per heavy atom. The molecule has 1 aromatic rings. The van der Waals surface area contributed by atoms with E-state index >= 15 is 0 Å². The molecule has 1 rings (SSSR count). The SMILES string of the molecule is CC(C)CNCCC(C)(C)c1occc1Br. The van der Waals surface area contributed by atoms with Crippen molar-refractivity contribution in [1.82, 2.24) is 5.32 Å². The van der Waals surface area contributed by atoms with Crippen LogP contribution in [0, 0.1) is 5.92 Å². The van der Waals surface area contributed by atoms with Crippen LogP contribution in [-0.2, 0) is 5.41 Å². The molecule has 3 heteroatoms. The van der Waals surface area contributed by atoms with Crippen molar-refractivity contribution in [3.63, 3.8) is 0 Å². The highest BCUT2D eigenvalue weighted by Crippen LogP contribution is 2.33. The van der Waals surface area contributed by atoms with E-state index in [2.05, 4.69) is 48.9 Å². The summed E-state index contributed by atoms with van der Waals surface area (Å²) in [6.45, 7) is 11.0. The van der Waals surface area contributed by atoms with Gasteiger partial charge in [-0.05, 0) is 47.4 Å². The second-order valence-corrected chi connectivity index (χ2v) is 6.18. The third kappa shape index (κ3) is 3.95. The molecule has 1 aromatic heterocycles. The monoisotopic (exact) mass is 287 g/mol. The minimum atomic E-state index is 0.0757. The molecule has 0 spiro atoms. The maximum atomic E-state index is 5.53. The Balaban J connectivity index is 2.43. The zero-order valence-electron chi connectivity index (χ0n) is 10.6. The van der Waals surface area contributed by atoms with Crippen molar-refractivity contribution < 1.29 is 4.42 Å². The molecule has 0 aliphatic rings. The molecule has 0 aliphatic carbocycles. The molecule has 0 fully saturated rings. The average Bonchev–Trinajstić information content (AvgIpc) is 2.59. The van der Waals surface area contributed by atoms with Gasteiger partial charge in [-0.1, -0.05) is 27.7 Å². The fourth-order valence-electron chi connectivity index (χ4n) is 1.68. The molecule has 0 amide bonds. The van der Waals surface area contributed by atoms with Crippen LogP contribution in [-0.4, -0.2) is 13.1 Å². The van der Waals surface area contributed by atoms with Crippen LogP contribution in [0.25, 0.3) is 0 Å². The van der Waals surface area contributed by atoms with E-state index in [9.17, 15) is 0 Å². The molecular weight excluding hydrogens is 266 g/mol. The van der Waals surface area contributed by atoms with Crippen molar-refractivity contribution >= 4 is 15.9 Å². The quantitative estimate of drug-likeness (QED) is 0.802. The molecule has 1 N–H and O–H groups in total. The maximum absolute atomic E-state index is 5.53. The molecule has 0 saturated heterocycles. The van der Waals surface area contributed by atoms with Gasteiger partial charge in [-0.25, -0.2) is 0 Å². The largest absolute Gasteiger partial charge is 0.468 e. The number of hydrogen-bond donors (Lipinski definition) is 1. The molecule has 0 atom stereocenters. The molecule has 2 nitrogen and oxygen atoms in total. The third-order valence-electron chi connectivity index (χ3n) is 2.71. The molecule has 16 heavy (non-hydrogen) atoms. The fraction of sp³-hybridized carbons (Fsp3) is 0.692. The molecule has 0 aliphatic heterocycles. The summed E-state index contributed by atoms with van der Waals surface area (Å²) < 4.78 is 6.60. The van der Waals surface area contributed by atoms with E-state index in [0.717, 1.165) is 29.7 Å². The first kappa shape index (κ1) is 13.8. The van der Waals surface area contributed by atoms with E-state index in [0.29, 0.717) is 5.92 Å². The topological polar surface area (TPSA) is 25.2 Å². The predicted octanol–water partition coefficient (Wildman–Crippen LogP) is 3.96. The summed E-state index contributed by atoms with van der Waals surface area (Å²) in [5.41, 5.74) is 0.0757. The zero-order valence-corrected chi connectivity index (χ0v) is 12.2. The first-order valence-electron chi connectivity index (χ1n) is 5.87. The molecule has 0 saturated carbocycles. The summed E-state index contributed by atoms with van der Waals surface area (Å²) in [5.74, 6) is 1.75. The molecule has 0 bridgehead atoms. The van der Waals surface area contributed by atoms with Crippen LogP contribution in [0.2, 0.25) is 0 Å². The summed E-state index contributed by atoms with van der Waals surface area (Å²) >= 11 is 3.52. The summed E-state index contributed by atoms with van der Waals surface area (Å²) in [6, 6.07) is 1.96. The van der Waals surface area contributed by atoms with E-state index in [-0.39, 0.29) is 5.41 Å². The second kappa shape index (κ2) is 5.87. The van der Waals surface area contributed by atoms with E-state index in [4.69, 9.17) is 4.42 Å². The number of furan rings is 1. The number of halogens is 1. The lowest BCUT2D eigenvalue weighted by Crippen LogP contribution is -2.27. The van der Waals surface area contributed by atoms with Gasteiger partial charge >= 0.3 is 0 Å². The minimum Gasteiger partial charge on any atom is -0.468 e. The number of nitrogens with one attached hydrogen (secondary N) is 1. The molecular formula is C13H22BrNO. The Bertz CT molecular complexity index is 317. The predicted molar refractivity (Wildman–Crippen MR) is 71.8 cm³/mol. The molecule has 0 aromatic carbocycles. The molecule has 0 unspecified atom stereocenters. The fourth-order valence-corrected chi connectivity index (χ4v) is 2.42. The average molecular weight is 288 g/mol. The van der Waals surface area contributed by atoms with Crippen LogP contribution in [0.15, 0.2) is 21.2 Å². The van der Waals surface area contributed by atoms with Crippen molar-refractivity contribution in [3.05, 3.63) is 22.6 Å². The van der Waals surface area contributed by atoms with Crippen molar-refractivity contribution in [1.29, 1.82) is 0 Å². The Kier molecular flexibility index (Phi) is 5.06. The van der Waals surface area contributed by atoms with Gasteiger partial charge in [0.25, 0.3) is 0 Å². The summed E-state index contributed by atoms with van der Waals surface area (Å²) in [7, 11) is 0. The number of rotatable bonds is 6. The van der Waals surface area contributed by atoms with Gasteiger partial charge in [0.15, 0.2) is 0 Å². The Morgan fingerprint density at radius 3 is 2.62 bits per heavy atom. The highest BCUT2D eigenvalue weighted by Gasteiger charge is 2.25. The van der Waals surface area contributed by atoms with Crippen molar-refractivity contribution in [2.24, 2.45) is 5.92 Å². The Morgan fingerprint density at radius 1 is 1.44 bits per heavy atom. The van der Waals surface area contributed by atoms with Crippen LogP contribution < -0.4 is 5.32 Å². The second-order valence-electron chi connectivity index (χ2n) is 5.33. The van der Waals surface area contributed by atoms with E-state index < -0.39 is 0 Å². The van der Waals surface area contributed by atoms with Crippen LogP contribution in [0.1, 0.15) is 39.9 Å². The van der Waals surface area contributed by atoms with Gasteiger partial charge in [-0.2, -0.15) is 0 Å². The number of hydrogen-bond acceptors (Lipinski definition) is 2. The zero-order chi connectivity index (χ0) is 12.2. The van der Waals surface area contributed by atoms with Crippen molar-refractivity contribution in [2.75, 3.05) is 13.1 Å². The lowest BCUT2D eigenvalue weighted by Gasteiger charge is -2.23. The van der Waals surface area contributed by atoms with Crippen LogP contribution in [0.5, 0.6) is 0 Å². The minimum absolute atomic E-state index is 0.0757. The standard InChI is InChI=1S/C13H22BrNO/c1-10(2)9-15-7-6-13(3,4)12-11(14)5-8-16-12/h5,8,10,15H,6-7,9H2,1-4H3. The first-order chi connectivity index (χ1) is 7.43. The molecule has 0 radical (unpaired) electrons. The van der Waals surface area contributed by atoms with E-state index in [1.807, 2.05) is 6.07 Å².